The molecule has 12 heteroatoms. The SMILES string of the molecule is CCN(C)S(=O)(=O)Nc1cccc(C(=O)c2c[nH]c3ncc(-c4cnc(C#N)nc4)cc23)c1F. The van der Waals surface area contributed by atoms with Gasteiger partial charge in [-0.1, -0.05) is 13.0 Å². The van der Waals surface area contributed by atoms with Crippen LogP contribution in [0.2, 0.25) is 0 Å². The summed E-state index contributed by atoms with van der Waals surface area (Å²) >= 11 is 0. The van der Waals surface area contributed by atoms with Crippen LogP contribution in [-0.2, 0) is 10.2 Å². The second kappa shape index (κ2) is 8.97. The standard InChI is InChI=1S/C22H18FN7O3S/c1-3-30(2)34(32,33)29-18-6-4-5-15(20(18)23)21(31)17-12-28-22-16(17)7-13(9-27-22)14-10-25-19(8-24)26-11-14/h4-7,9-12,29H,3H2,1-2H3,(H,27,28). The number of hydrogen-bond donors (Lipinski definition) is 2. The molecule has 3 heterocycles. The molecule has 172 valence electrons. The number of ketones is 1. The lowest BCUT2D eigenvalue weighted by Crippen LogP contribution is -2.32. The van der Waals surface area contributed by atoms with Gasteiger partial charge in [0.25, 0.3) is 0 Å². The van der Waals surface area contributed by atoms with E-state index in [1.165, 1.54) is 43.8 Å². The van der Waals surface area contributed by atoms with E-state index in [2.05, 4.69) is 24.7 Å². The van der Waals surface area contributed by atoms with Crippen molar-refractivity contribution in [1.82, 2.24) is 24.2 Å². The van der Waals surface area contributed by atoms with Crippen LogP contribution in [0.15, 0.2) is 49.1 Å². The first-order chi connectivity index (χ1) is 16.2. The molecule has 2 N–H and O–H groups in total. The smallest absolute Gasteiger partial charge is 0.301 e. The minimum Gasteiger partial charge on any atom is -0.345 e. The molecule has 0 saturated heterocycles. The molecular weight excluding hydrogens is 461 g/mol. The molecule has 0 spiro atoms. The van der Waals surface area contributed by atoms with Crippen molar-refractivity contribution in [3.63, 3.8) is 0 Å². The summed E-state index contributed by atoms with van der Waals surface area (Å²) in [6.45, 7) is 1.82. The van der Waals surface area contributed by atoms with Crippen molar-refractivity contribution in [3.8, 4) is 17.2 Å². The summed E-state index contributed by atoms with van der Waals surface area (Å²) in [5, 5.41) is 9.30. The van der Waals surface area contributed by atoms with E-state index in [4.69, 9.17) is 5.26 Å². The van der Waals surface area contributed by atoms with Gasteiger partial charge < -0.3 is 4.98 Å². The van der Waals surface area contributed by atoms with E-state index in [0.29, 0.717) is 22.2 Å². The average molecular weight is 479 g/mol. The zero-order valence-corrected chi connectivity index (χ0v) is 18.9. The molecule has 4 aromatic rings. The number of carbonyl (C=O) groups excluding carboxylic acids is 1. The Morgan fingerprint density at radius 1 is 1.18 bits per heavy atom. The normalized spacial score (nSPS) is 11.5. The number of H-pyrrole nitrogens is 1. The van der Waals surface area contributed by atoms with Crippen LogP contribution in [-0.4, -0.2) is 52.0 Å². The number of carbonyl (C=O) groups is 1. The molecular formula is C22H18FN7O3S. The number of benzene rings is 1. The van der Waals surface area contributed by atoms with Crippen molar-refractivity contribution < 1.29 is 17.6 Å². The number of aromatic amines is 1. The molecule has 0 aliphatic heterocycles. The van der Waals surface area contributed by atoms with E-state index in [-0.39, 0.29) is 29.2 Å². The highest BCUT2D eigenvalue weighted by molar-refractivity contribution is 7.90. The second-order valence-corrected chi connectivity index (χ2v) is 9.02. The third-order valence-electron chi connectivity index (χ3n) is 5.20. The lowest BCUT2D eigenvalue weighted by Gasteiger charge is -2.17. The number of hydrogen-bond acceptors (Lipinski definition) is 7. The van der Waals surface area contributed by atoms with Gasteiger partial charge in [0.05, 0.1) is 11.3 Å². The van der Waals surface area contributed by atoms with Gasteiger partial charge in [0.1, 0.15) is 11.7 Å². The molecule has 0 saturated carbocycles. The van der Waals surface area contributed by atoms with Gasteiger partial charge in [-0.2, -0.15) is 18.0 Å². The van der Waals surface area contributed by atoms with Crippen molar-refractivity contribution in [1.29, 1.82) is 5.26 Å². The number of halogens is 1. The van der Waals surface area contributed by atoms with Gasteiger partial charge in [-0.15, -0.1) is 0 Å². The van der Waals surface area contributed by atoms with Crippen LogP contribution in [0.25, 0.3) is 22.2 Å². The summed E-state index contributed by atoms with van der Waals surface area (Å²) in [7, 11) is -2.62. The third kappa shape index (κ3) is 4.21. The summed E-state index contributed by atoms with van der Waals surface area (Å²) < 4.78 is 43.0. The molecule has 0 amide bonds. The molecule has 0 aliphatic rings. The minimum absolute atomic E-state index is 0.0198. The first kappa shape index (κ1) is 23.0. The zero-order valence-electron chi connectivity index (χ0n) is 18.1. The molecule has 0 aliphatic carbocycles. The van der Waals surface area contributed by atoms with Crippen LogP contribution in [0.5, 0.6) is 0 Å². The first-order valence-electron chi connectivity index (χ1n) is 10.0. The van der Waals surface area contributed by atoms with E-state index in [0.717, 1.165) is 4.31 Å². The van der Waals surface area contributed by atoms with Crippen molar-refractivity contribution in [2.24, 2.45) is 0 Å². The number of nitrogens with zero attached hydrogens (tertiary/aromatic N) is 5. The molecule has 0 fully saturated rings. The van der Waals surface area contributed by atoms with Crippen molar-refractivity contribution in [2.75, 3.05) is 18.3 Å². The summed E-state index contributed by atoms with van der Waals surface area (Å²) in [5.74, 6) is -1.62. The van der Waals surface area contributed by atoms with Crippen LogP contribution in [0.3, 0.4) is 0 Å². The van der Waals surface area contributed by atoms with Crippen molar-refractivity contribution in [3.05, 3.63) is 71.8 Å². The molecule has 10 nitrogen and oxygen atoms in total. The highest BCUT2D eigenvalue weighted by Gasteiger charge is 2.23. The highest BCUT2D eigenvalue weighted by Crippen LogP contribution is 2.28. The van der Waals surface area contributed by atoms with Crippen molar-refractivity contribution >= 4 is 32.7 Å². The fourth-order valence-corrected chi connectivity index (χ4v) is 4.13. The van der Waals surface area contributed by atoms with E-state index in [9.17, 15) is 13.2 Å². The number of nitrogens with one attached hydrogen (secondary N) is 2. The average Bonchev–Trinajstić information content (AvgIpc) is 3.27. The quantitative estimate of drug-likeness (QED) is 0.388. The summed E-state index contributed by atoms with van der Waals surface area (Å²) in [5.41, 5.74) is 1.10. The Kier molecular flexibility index (Phi) is 6.06. The maximum atomic E-state index is 15.2. The number of fused-ring (bicyclic) bond motifs is 1. The van der Waals surface area contributed by atoms with Gasteiger partial charge in [0.2, 0.25) is 5.82 Å². The number of aromatic nitrogens is 4. The van der Waals surface area contributed by atoms with Crippen LogP contribution >= 0.6 is 0 Å². The molecule has 0 bridgehead atoms. The predicted octanol–water partition coefficient (Wildman–Crippen LogP) is 2.87. The molecule has 4 rings (SSSR count). The lowest BCUT2D eigenvalue weighted by molar-refractivity contribution is 0.103. The highest BCUT2D eigenvalue weighted by atomic mass is 32.2. The third-order valence-corrected chi connectivity index (χ3v) is 6.76. The Labute approximate surface area is 194 Å². The summed E-state index contributed by atoms with van der Waals surface area (Å²) in [6.07, 6.45) is 5.90. The van der Waals surface area contributed by atoms with Crippen LogP contribution < -0.4 is 4.72 Å². The summed E-state index contributed by atoms with van der Waals surface area (Å²) in [6, 6.07) is 7.44. The van der Waals surface area contributed by atoms with Crippen LogP contribution in [0, 0.1) is 17.1 Å². The molecule has 0 atom stereocenters. The number of pyridine rings is 1. The van der Waals surface area contributed by atoms with Crippen LogP contribution in [0.1, 0.15) is 28.7 Å². The van der Waals surface area contributed by atoms with Gasteiger partial charge in [0, 0.05) is 60.5 Å². The van der Waals surface area contributed by atoms with E-state index in [1.807, 2.05) is 6.07 Å². The topological polar surface area (TPSA) is 145 Å². The van der Waals surface area contributed by atoms with Crippen LogP contribution in [0.4, 0.5) is 10.1 Å². The largest absolute Gasteiger partial charge is 0.345 e. The summed E-state index contributed by atoms with van der Waals surface area (Å²) in [4.78, 5) is 28.3. The fraction of sp³-hybridized carbons (Fsp3) is 0.136. The lowest BCUT2D eigenvalue weighted by atomic mass is 10.0. The molecule has 1 aromatic carbocycles. The minimum atomic E-state index is -3.97. The van der Waals surface area contributed by atoms with Gasteiger partial charge in [-0.25, -0.2) is 19.3 Å². The van der Waals surface area contributed by atoms with Gasteiger partial charge in [-0.3, -0.25) is 9.52 Å². The second-order valence-electron chi connectivity index (χ2n) is 7.25. The predicted molar refractivity (Wildman–Crippen MR) is 123 cm³/mol. The fourth-order valence-electron chi connectivity index (χ4n) is 3.20. The van der Waals surface area contributed by atoms with E-state index < -0.39 is 21.8 Å². The van der Waals surface area contributed by atoms with E-state index in [1.54, 1.807) is 19.2 Å². The Morgan fingerprint density at radius 3 is 2.56 bits per heavy atom. The van der Waals surface area contributed by atoms with Gasteiger partial charge in [0.15, 0.2) is 11.6 Å². The van der Waals surface area contributed by atoms with E-state index >= 15 is 4.39 Å². The molecule has 0 unspecified atom stereocenters. The maximum Gasteiger partial charge on any atom is 0.301 e. The van der Waals surface area contributed by atoms with Crippen molar-refractivity contribution in [2.45, 2.75) is 6.92 Å². The van der Waals surface area contributed by atoms with Gasteiger partial charge in [-0.05, 0) is 18.2 Å². The molecule has 3 aromatic heterocycles. The Hall–Kier alpha value is -4.21. The number of rotatable bonds is 7. The van der Waals surface area contributed by atoms with Gasteiger partial charge >= 0.3 is 10.2 Å². The zero-order chi connectivity index (χ0) is 24.5. The monoisotopic (exact) mass is 479 g/mol. The first-order valence-corrected chi connectivity index (χ1v) is 11.5. The molecule has 34 heavy (non-hydrogen) atoms. The molecule has 0 radical (unpaired) electrons. The Balaban J connectivity index is 1.73. The Bertz CT molecular complexity index is 1540. The number of anilines is 1. The Morgan fingerprint density at radius 2 is 1.88 bits per heavy atom. The maximum absolute atomic E-state index is 15.2. The number of nitriles is 1.